The molecule has 0 aliphatic carbocycles. The molecule has 1 heterocycles. The van der Waals surface area contributed by atoms with Crippen molar-refractivity contribution in [2.24, 2.45) is 0 Å². The van der Waals surface area contributed by atoms with Crippen LogP contribution in [0.3, 0.4) is 0 Å². The van der Waals surface area contributed by atoms with Crippen molar-refractivity contribution in [2.45, 2.75) is 0 Å². The van der Waals surface area contributed by atoms with Crippen molar-refractivity contribution in [2.75, 3.05) is 0 Å². The number of benzene rings is 2. The average molecular weight is 454 g/mol. The number of nitrogens with one attached hydrogen (secondary N) is 1. The van der Waals surface area contributed by atoms with Crippen molar-refractivity contribution in [1.82, 2.24) is 10.4 Å². The predicted octanol–water partition coefficient (Wildman–Crippen LogP) is 4.65. The van der Waals surface area contributed by atoms with Gasteiger partial charge in [-0.25, -0.2) is 0 Å². The molecule has 1 aliphatic rings. The molecule has 0 spiro atoms. The lowest BCUT2D eigenvalue weighted by atomic mass is 10.2. The minimum Gasteiger partial charge on any atom is -0.267 e. The van der Waals surface area contributed by atoms with E-state index in [1.165, 1.54) is 0 Å². The first-order chi connectivity index (χ1) is 12.0. The Balaban J connectivity index is 1.80. The van der Waals surface area contributed by atoms with Gasteiger partial charge in [0.2, 0.25) is 0 Å². The summed E-state index contributed by atoms with van der Waals surface area (Å²) >= 11 is 15.7. The van der Waals surface area contributed by atoms with Gasteiger partial charge in [0, 0.05) is 4.47 Å². The molecule has 8 heteroatoms. The summed E-state index contributed by atoms with van der Waals surface area (Å²) in [6.45, 7) is 0. The molecule has 25 heavy (non-hydrogen) atoms. The molecule has 0 saturated carbocycles. The average Bonchev–Trinajstić information content (AvgIpc) is 2.83. The molecular formula is C17H10BrClN2O2S2. The van der Waals surface area contributed by atoms with E-state index in [0.717, 1.165) is 26.8 Å². The zero-order chi connectivity index (χ0) is 18.0. The number of halogens is 2. The van der Waals surface area contributed by atoms with Crippen LogP contribution in [0.1, 0.15) is 15.9 Å². The van der Waals surface area contributed by atoms with E-state index in [9.17, 15) is 9.59 Å². The summed E-state index contributed by atoms with van der Waals surface area (Å²) in [5.41, 5.74) is 3.64. The summed E-state index contributed by atoms with van der Waals surface area (Å²) in [4.78, 5) is 25.3. The number of thiocarbonyl (C=S) groups is 1. The van der Waals surface area contributed by atoms with Gasteiger partial charge in [-0.1, -0.05) is 63.6 Å². The van der Waals surface area contributed by atoms with Crippen LogP contribution in [0.25, 0.3) is 6.08 Å². The molecule has 126 valence electrons. The Kier molecular flexibility index (Phi) is 5.58. The van der Waals surface area contributed by atoms with E-state index in [1.807, 2.05) is 24.3 Å². The zero-order valence-electron chi connectivity index (χ0n) is 12.5. The maximum atomic E-state index is 12.5. The molecular weight excluding hydrogens is 444 g/mol. The molecule has 1 aliphatic heterocycles. The summed E-state index contributed by atoms with van der Waals surface area (Å²) in [7, 11) is 0. The minimum atomic E-state index is -0.495. The van der Waals surface area contributed by atoms with Crippen LogP contribution in [0.5, 0.6) is 0 Å². The van der Waals surface area contributed by atoms with Crippen molar-refractivity contribution in [1.29, 1.82) is 0 Å². The number of thioether (sulfide) groups is 1. The highest BCUT2D eigenvalue weighted by Crippen LogP contribution is 2.32. The highest BCUT2D eigenvalue weighted by atomic mass is 79.9. The summed E-state index contributed by atoms with van der Waals surface area (Å²) in [6, 6.07) is 14.1. The van der Waals surface area contributed by atoms with Crippen LogP contribution in [0.4, 0.5) is 0 Å². The quantitative estimate of drug-likeness (QED) is 0.543. The smallest absolute Gasteiger partial charge is 0.267 e. The second kappa shape index (κ2) is 7.70. The number of rotatable bonds is 3. The van der Waals surface area contributed by atoms with Crippen molar-refractivity contribution in [3.63, 3.8) is 0 Å². The molecule has 0 unspecified atom stereocenters. The maximum absolute atomic E-state index is 12.5. The third-order valence-corrected chi connectivity index (χ3v) is 5.40. The highest BCUT2D eigenvalue weighted by Gasteiger charge is 2.34. The van der Waals surface area contributed by atoms with Crippen molar-refractivity contribution < 1.29 is 9.59 Å². The summed E-state index contributed by atoms with van der Waals surface area (Å²) < 4.78 is 1.16. The third-order valence-electron chi connectivity index (χ3n) is 3.27. The zero-order valence-corrected chi connectivity index (χ0v) is 16.5. The van der Waals surface area contributed by atoms with Gasteiger partial charge in [0.05, 0.1) is 15.5 Å². The Morgan fingerprint density at radius 1 is 1.24 bits per heavy atom. The van der Waals surface area contributed by atoms with E-state index in [1.54, 1.807) is 30.3 Å². The molecule has 0 atom stereocenters. The maximum Gasteiger partial charge on any atom is 0.285 e. The van der Waals surface area contributed by atoms with Gasteiger partial charge in [0.1, 0.15) is 0 Å². The summed E-state index contributed by atoms with van der Waals surface area (Å²) in [6.07, 6.45) is 1.73. The Morgan fingerprint density at radius 3 is 2.72 bits per heavy atom. The largest absolute Gasteiger partial charge is 0.285 e. The number of nitrogens with zero attached hydrogens (tertiary/aromatic N) is 1. The Morgan fingerprint density at radius 2 is 2.00 bits per heavy atom. The molecule has 1 saturated heterocycles. The summed E-state index contributed by atoms with van der Waals surface area (Å²) in [5.74, 6) is -0.874. The number of hydrazine groups is 1. The standard InChI is InChI=1S/C17H10BrClN2O2S2/c18-11-5-3-4-10(8-11)9-14-16(23)21(17(24)25-14)20-15(22)12-6-1-2-7-13(12)19/h1-9H,(H,20,22). The molecule has 3 rings (SSSR count). The van der Waals surface area contributed by atoms with Crippen molar-refractivity contribution in [3.8, 4) is 0 Å². The second-order valence-corrected chi connectivity index (χ2v) is 7.99. The van der Waals surface area contributed by atoms with E-state index in [4.69, 9.17) is 23.8 Å². The predicted molar refractivity (Wildman–Crippen MR) is 108 cm³/mol. The molecule has 0 radical (unpaired) electrons. The van der Waals surface area contributed by atoms with Crippen LogP contribution in [-0.2, 0) is 4.79 Å². The topological polar surface area (TPSA) is 49.4 Å². The second-order valence-electron chi connectivity index (χ2n) is 4.99. The molecule has 2 amide bonds. The SMILES string of the molecule is O=C(NN1C(=O)C(=Cc2cccc(Br)c2)SC1=S)c1ccccc1Cl. The molecule has 0 bridgehead atoms. The fourth-order valence-corrected chi connectivity index (χ4v) is 3.94. The van der Waals surface area contributed by atoms with Gasteiger partial charge in [0.15, 0.2) is 4.32 Å². The monoisotopic (exact) mass is 452 g/mol. The highest BCUT2D eigenvalue weighted by molar-refractivity contribution is 9.10. The Hall–Kier alpha value is -1.67. The van der Waals surface area contributed by atoms with Gasteiger partial charge >= 0.3 is 0 Å². The third kappa shape index (κ3) is 4.12. The van der Waals surface area contributed by atoms with Gasteiger partial charge in [-0.05, 0) is 48.1 Å². The fourth-order valence-electron chi connectivity index (χ4n) is 2.12. The number of carbonyl (C=O) groups is 2. The Bertz CT molecular complexity index is 917. The van der Waals surface area contributed by atoms with Gasteiger partial charge in [-0.15, -0.1) is 0 Å². The van der Waals surface area contributed by atoms with Crippen LogP contribution in [0, 0.1) is 0 Å². The number of hydrogen-bond donors (Lipinski definition) is 1. The lowest BCUT2D eigenvalue weighted by Crippen LogP contribution is -2.44. The van der Waals surface area contributed by atoms with E-state index in [2.05, 4.69) is 21.4 Å². The van der Waals surface area contributed by atoms with Crippen molar-refractivity contribution >= 4 is 73.7 Å². The Labute approximate surface area is 167 Å². The van der Waals surface area contributed by atoms with Crippen molar-refractivity contribution in [3.05, 3.63) is 74.1 Å². The van der Waals surface area contributed by atoms with Gasteiger partial charge in [-0.3, -0.25) is 15.0 Å². The van der Waals surface area contributed by atoms with Crippen LogP contribution in [0.15, 0.2) is 57.9 Å². The minimum absolute atomic E-state index is 0.256. The number of carbonyl (C=O) groups excluding carboxylic acids is 2. The van der Waals surface area contributed by atoms with E-state index < -0.39 is 5.91 Å². The van der Waals surface area contributed by atoms with Crippen LogP contribution >= 0.6 is 51.5 Å². The molecule has 4 nitrogen and oxygen atoms in total. The van der Waals surface area contributed by atoms with Crippen LogP contribution < -0.4 is 5.43 Å². The molecule has 2 aromatic rings. The first kappa shape index (κ1) is 18.1. The van der Waals surface area contributed by atoms with E-state index in [0.29, 0.717) is 9.93 Å². The lowest BCUT2D eigenvalue weighted by molar-refractivity contribution is -0.123. The molecule has 0 aromatic heterocycles. The van der Waals surface area contributed by atoms with Gasteiger partial charge in [-0.2, -0.15) is 5.01 Å². The normalized spacial score (nSPS) is 15.8. The van der Waals surface area contributed by atoms with Gasteiger partial charge in [0.25, 0.3) is 11.8 Å². The van der Waals surface area contributed by atoms with E-state index in [-0.39, 0.29) is 15.8 Å². The van der Waals surface area contributed by atoms with Crippen LogP contribution in [-0.4, -0.2) is 21.1 Å². The fraction of sp³-hybridized carbons (Fsp3) is 0. The lowest BCUT2D eigenvalue weighted by Gasteiger charge is -2.16. The molecule has 1 fully saturated rings. The number of hydrogen-bond acceptors (Lipinski definition) is 4. The first-order valence-electron chi connectivity index (χ1n) is 7.05. The first-order valence-corrected chi connectivity index (χ1v) is 9.44. The molecule has 1 N–H and O–H groups in total. The van der Waals surface area contributed by atoms with E-state index >= 15 is 0 Å². The molecule has 2 aromatic carbocycles. The van der Waals surface area contributed by atoms with Crippen LogP contribution in [0.2, 0.25) is 5.02 Å². The number of amides is 2. The van der Waals surface area contributed by atoms with Gasteiger partial charge < -0.3 is 0 Å². The summed E-state index contributed by atoms with van der Waals surface area (Å²) in [5, 5.41) is 1.37.